The summed E-state index contributed by atoms with van der Waals surface area (Å²) in [7, 11) is 0. The number of primary amides is 1. The lowest BCUT2D eigenvalue weighted by atomic mass is 10.1. The Labute approximate surface area is 98.6 Å². The summed E-state index contributed by atoms with van der Waals surface area (Å²) < 4.78 is 0. The third-order valence-corrected chi connectivity index (χ3v) is 1.68. The van der Waals surface area contributed by atoms with Crippen molar-refractivity contribution < 1.29 is 9.59 Å². The molecule has 0 aromatic carbocycles. The third-order valence-electron chi connectivity index (χ3n) is 1.68. The van der Waals surface area contributed by atoms with Gasteiger partial charge in [-0.25, -0.2) is 0 Å². The molecule has 2 amide bonds. The fourth-order valence-electron chi connectivity index (χ4n) is 0.895. The highest BCUT2D eigenvalue weighted by Crippen LogP contribution is 1.94. The molecule has 0 saturated carbocycles. The Morgan fingerprint density at radius 3 is 2.59 bits per heavy atom. The van der Waals surface area contributed by atoms with Gasteiger partial charge < -0.3 is 22.6 Å². The maximum Gasteiger partial charge on any atom is 0.252 e. The highest BCUT2D eigenvalue weighted by atomic mass is 16.1. The maximum atomic E-state index is 11.1. The van der Waals surface area contributed by atoms with Gasteiger partial charge in [-0.2, -0.15) is 5.10 Å². The normalized spacial score (nSPS) is 12.8. The van der Waals surface area contributed by atoms with Crippen molar-refractivity contribution in [2.75, 3.05) is 13.1 Å². The Morgan fingerprint density at radius 2 is 2.12 bits per heavy atom. The molecule has 0 bridgehead atoms. The number of aliphatic imine (C=N–C) groups is 1. The molecular weight excluding hydrogens is 224 g/mol. The molecule has 8 nitrogen and oxygen atoms in total. The molecule has 0 saturated heterocycles. The smallest absolute Gasteiger partial charge is 0.252 e. The Hall–Kier alpha value is -2.22. The van der Waals surface area contributed by atoms with Crippen LogP contribution < -0.4 is 22.6 Å². The summed E-state index contributed by atoms with van der Waals surface area (Å²) in [6, 6.07) is 0. The van der Waals surface area contributed by atoms with E-state index >= 15 is 0 Å². The van der Waals surface area contributed by atoms with E-state index in [1.165, 1.54) is 6.21 Å². The molecule has 0 rings (SSSR count). The molecule has 0 spiro atoms. The molecule has 0 aliphatic heterocycles. The van der Waals surface area contributed by atoms with Crippen LogP contribution in [0.25, 0.3) is 0 Å². The number of nitrogens with zero attached hydrogens (tertiary/aromatic N) is 2. The average Bonchev–Trinajstić information content (AvgIpc) is 2.31. The van der Waals surface area contributed by atoms with E-state index < -0.39 is 5.91 Å². The van der Waals surface area contributed by atoms with Gasteiger partial charge in [0.2, 0.25) is 6.41 Å². The molecule has 8 heteroatoms. The van der Waals surface area contributed by atoms with Gasteiger partial charge in [-0.3, -0.25) is 14.6 Å². The van der Waals surface area contributed by atoms with Crippen molar-refractivity contribution in [1.82, 2.24) is 5.32 Å². The summed E-state index contributed by atoms with van der Waals surface area (Å²) in [5.41, 5.74) is 10.4. The monoisotopic (exact) mass is 240 g/mol. The van der Waals surface area contributed by atoms with E-state index in [-0.39, 0.29) is 11.3 Å². The zero-order valence-corrected chi connectivity index (χ0v) is 9.30. The van der Waals surface area contributed by atoms with Gasteiger partial charge >= 0.3 is 0 Å². The molecule has 0 atom stereocenters. The van der Waals surface area contributed by atoms with Crippen LogP contribution in [0.5, 0.6) is 0 Å². The molecule has 0 aliphatic carbocycles. The van der Waals surface area contributed by atoms with Crippen LogP contribution in [-0.2, 0) is 9.59 Å². The zero-order valence-electron chi connectivity index (χ0n) is 9.30. The number of nitrogens with two attached hydrogens (primary N) is 3. The Bertz CT molecular complexity index is 347. The van der Waals surface area contributed by atoms with E-state index in [0.29, 0.717) is 25.9 Å². The van der Waals surface area contributed by atoms with E-state index in [1.807, 2.05) is 0 Å². The first kappa shape index (κ1) is 14.8. The number of hydrazone groups is 1. The molecule has 0 aliphatic rings. The van der Waals surface area contributed by atoms with Crippen molar-refractivity contribution in [3.63, 3.8) is 0 Å². The van der Waals surface area contributed by atoms with E-state index in [9.17, 15) is 9.59 Å². The summed E-state index contributed by atoms with van der Waals surface area (Å²) in [4.78, 5) is 25.2. The molecule has 0 heterocycles. The van der Waals surface area contributed by atoms with Crippen molar-refractivity contribution in [3.05, 3.63) is 11.8 Å². The lowest BCUT2D eigenvalue weighted by Gasteiger charge is -2.01. The SMILES string of the molecule is NCCCN=CC(=NN)/C(=C/NC=O)C(N)=O. The van der Waals surface area contributed by atoms with Gasteiger partial charge in [-0.05, 0) is 13.0 Å². The Kier molecular flexibility index (Phi) is 7.86. The minimum absolute atomic E-state index is 0.0314. The number of amides is 2. The topological polar surface area (TPSA) is 149 Å². The van der Waals surface area contributed by atoms with Crippen LogP contribution in [0.1, 0.15) is 6.42 Å². The van der Waals surface area contributed by atoms with Crippen LogP contribution in [0, 0.1) is 0 Å². The minimum atomic E-state index is -0.770. The van der Waals surface area contributed by atoms with Gasteiger partial charge in [0.25, 0.3) is 5.91 Å². The zero-order chi connectivity index (χ0) is 13.1. The summed E-state index contributed by atoms with van der Waals surface area (Å²) in [6.07, 6.45) is 3.51. The number of nitrogens with one attached hydrogen (secondary N) is 1. The fraction of sp³-hybridized carbons (Fsp3) is 0.333. The van der Waals surface area contributed by atoms with E-state index in [0.717, 1.165) is 6.20 Å². The number of hydrogen-bond donors (Lipinski definition) is 4. The third kappa shape index (κ3) is 6.05. The number of carbonyl (C=O) groups excluding carboxylic acids is 2. The van der Waals surface area contributed by atoms with E-state index in [2.05, 4.69) is 15.4 Å². The van der Waals surface area contributed by atoms with Gasteiger partial charge in [0.05, 0.1) is 5.57 Å². The standard InChI is InChI=1S/C9H16N6O2/c10-2-1-3-13-5-8(15-12)7(9(11)17)4-14-6-16/h4-6H,1-3,10,12H2,(H2,11,17)(H,14,16)/b7-4-,13-5?,15-8?. The van der Waals surface area contributed by atoms with Crippen molar-refractivity contribution in [1.29, 1.82) is 0 Å². The van der Waals surface area contributed by atoms with Crippen LogP contribution in [-0.4, -0.2) is 37.3 Å². The summed E-state index contributed by atoms with van der Waals surface area (Å²) in [5.74, 6) is 4.34. The number of rotatable bonds is 8. The quantitative estimate of drug-likeness (QED) is 0.0953. The second-order valence-corrected chi connectivity index (χ2v) is 2.90. The fourth-order valence-corrected chi connectivity index (χ4v) is 0.895. The molecule has 0 unspecified atom stereocenters. The van der Waals surface area contributed by atoms with Crippen LogP contribution in [0.15, 0.2) is 21.9 Å². The first-order valence-corrected chi connectivity index (χ1v) is 4.85. The van der Waals surface area contributed by atoms with Gasteiger partial charge in [-0.1, -0.05) is 0 Å². The highest BCUT2D eigenvalue weighted by Gasteiger charge is 2.10. The largest absolute Gasteiger partial charge is 0.365 e. The van der Waals surface area contributed by atoms with Crippen LogP contribution in [0.2, 0.25) is 0 Å². The summed E-state index contributed by atoms with van der Waals surface area (Å²) >= 11 is 0. The molecular formula is C9H16N6O2. The first-order valence-electron chi connectivity index (χ1n) is 4.85. The average molecular weight is 240 g/mol. The van der Waals surface area contributed by atoms with Crippen LogP contribution in [0.4, 0.5) is 0 Å². The van der Waals surface area contributed by atoms with Gasteiger partial charge in [0.15, 0.2) is 0 Å². The van der Waals surface area contributed by atoms with Gasteiger partial charge in [0, 0.05) is 19.0 Å². The second-order valence-electron chi connectivity index (χ2n) is 2.90. The molecule has 0 aromatic heterocycles. The van der Waals surface area contributed by atoms with Crippen LogP contribution >= 0.6 is 0 Å². The van der Waals surface area contributed by atoms with Crippen molar-refractivity contribution in [2.45, 2.75) is 6.42 Å². The Morgan fingerprint density at radius 1 is 1.41 bits per heavy atom. The second kappa shape index (κ2) is 9.04. The van der Waals surface area contributed by atoms with Gasteiger partial charge in [-0.15, -0.1) is 0 Å². The van der Waals surface area contributed by atoms with Crippen molar-refractivity contribution >= 4 is 24.2 Å². The first-order chi connectivity index (χ1) is 8.17. The lowest BCUT2D eigenvalue weighted by molar-refractivity contribution is -0.114. The highest BCUT2D eigenvalue weighted by molar-refractivity contribution is 6.45. The van der Waals surface area contributed by atoms with Gasteiger partial charge in [0.1, 0.15) is 5.71 Å². The van der Waals surface area contributed by atoms with Crippen molar-refractivity contribution in [3.8, 4) is 0 Å². The number of hydrogen-bond acceptors (Lipinski definition) is 6. The summed E-state index contributed by atoms with van der Waals surface area (Å²) in [5, 5.41) is 5.56. The number of carbonyl (C=O) groups is 2. The van der Waals surface area contributed by atoms with E-state index in [4.69, 9.17) is 17.3 Å². The molecule has 0 fully saturated rings. The summed E-state index contributed by atoms with van der Waals surface area (Å²) in [6.45, 7) is 1.00. The minimum Gasteiger partial charge on any atom is -0.365 e. The molecule has 0 aromatic rings. The van der Waals surface area contributed by atoms with E-state index in [1.54, 1.807) is 0 Å². The predicted molar refractivity (Wildman–Crippen MR) is 65.1 cm³/mol. The molecule has 0 radical (unpaired) electrons. The van der Waals surface area contributed by atoms with Crippen molar-refractivity contribution in [2.24, 2.45) is 27.4 Å². The predicted octanol–water partition coefficient (Wildman–Crippen LogP) is -2.16. The molecule has 94 valence electrons. The van der Waals surface area contributed by atoms with Crippen LogP contribution in [0.3, 0.4) is 0 Å². The Balaban J connectivity index is 4.76. The maximum absolute atomic E-state index is 11.1. The molecule has 17 heavy (non-hydrogen) atoms. The molecule has 7 N–H and O–H groups in total. The lowest BCUT2D eigenvalue weighted by Crippen LogP contribution is -2.25.